The molecule has 0 aliphatic carbocycles. The third kappa shape index (κ3) is 9.69. The minimum atomic E-state index is -0.363. The van der Waals surface area contributed by atoms with Gasteiger partial charge in [-0.15, -0.1) is 0 Å². The average molecular weight is 228 g/mol. The molecular weight excluding hydrogens is 204 g/mol. The van der Waals surface area contributed by atoms with Crippen LogP contribution in [0.25, 0.3) is 0 Å². The van der Waals surface area contributed by atoms with Crippen molar-refractivity contribution in [3.05, 3.63) is 0 Å². The summed E-state index contributed by atoms with van der Waals surface area (Å²) in [6.45, 7) is 4.62. The number of ether oxygens (including phenoxy) is 1. The van der Waals surface area contributed by atoms with Crippen LogP contribution in [0.5, 0.6) is 0 Å². The number of rotatable bonds is 10. The number of Topliss-reactive ketones (excluding diaryl/α,β-unsaturated/α-hetero) is 1. The van der Waals surface area contributed by atoms with Crippen LogP contribution in [-0.2, 0) is 14.3 Å². The van der Waals surface area contributed by atoms with Crippen LogP contribution in [0.3, 0.4) is 0 Å². The summed E-state index contributed by atoms with van der Waals surface area (Å²) in [5.74, 6) is -0.363. The van der Waals surface area contributed by atoms with E-state index in [1.807, 2.05) is 6.92 Å². The van der Waals surface area contributed by atoms with E-state index < -0.39 is 0 Å². The molecule has 0 aromatic heterocycles. The first-order valence-electron chi connectivity index (χ1n) is 6.38. The summed E-state index contributed by atoms with van der Waals surface area (Å²) in [4.78, 5) is 22.5. The number of hydrogen-bond donors (Lipinski definition) is 0. The van der Waals surface area contributed by atoms with Gasteiger partial charge in [0, 0.05) is 6.42 Å². The minimum absolute atomic E-state index is 0.000378. The van der Waals surface area contributed by atoms with Crippen molar-refractivity contribution in [2.75, 3.05) is 6.61 Å². The molecule has 0 aliphatic rings. The van der Waals surface area contributed by atoms with E-state index in [1.54, 1.807) is 0 Å². The molecule has 0 rings (SSSR count). The van der Waals surface area contributed by atoms with Gasteiger partial charge < -0.3 is 4.74 Å². The second kappa shape index (κ2) is 10.7. The Morgan fingerprint density at radius 3 is 2.25 bits per heavy atom. The summed E-state index contributed by atoms with van der Waals surface area (Å²) in [6.07, 6.45) is 6.64. The summed E-state index contributed by atoms with van der Waals surface area (Å²) in [5, 5.41) is 0. The lowest BCUT2D eigenvalue weighted by molar-refractivity contribution is -0.146. The second-order valence-electron chi connectivity index (χ2n) is 4.10. The highest BCUT2D eigenvalue weighted by Gasteiger charge is 2.09. The Kier molecular flexibility index (Phi) is 10.1. The van der Waals surface area contributed by atoms with Crippen LogP contribution in [0.1, 0.15) is 65.2 Å². The first kappa shape index (κ1) is 15.1. The van der Waals surface area contributed by atoms with Crippen molar-refractivity contribution >= 4 is 11.8 Å². The van der Waals surface area contributed by atoms with Crippen molar-refractivity contribution in [1.29, 1.82) is 0 Å². The molecule has 0 aromatic rings. The van der Waals surface area contributed by atoms with E-state index in [1.165, 1.54) is 12.8 Å². The number of carbonyl (C=O) groups excluding carboxylic acids is 2. The van der Waals surface area contributed by atoms with Gasteiger partial charge in [0.1, 0.15) is 12.2 Å². The molecule has 3 nitrogen and oxygen atoms in total. The van der Waals surface area contributed by atoms with Crippen LogP contribution < -0.4 is 0 Å². The fourth-order valence-electron chi connectivity index (χ4n) is 1.39. The number of unbranched alkanes of at least 4 members (excludes halogenated alkanes) is 4. The van der Waals surface area contributed by atoms with E-state index in [0.29, 0.717) is 13.0 Å². The van der Waals surface area contributed by atoms with E-state index in [0.717, 1.165) is 25.7 Å². The molecule has 0 heterocycles. The van der Waals surface area contributed by atoms with Gasteiger partial charge in [-0.1, -0.05) is 39.5 Å². The Balaban J connectivity index is 3.40. The van der Waals surface area contributed by atoms with Gasteiger partial charge >= 0.3 is 5.97 Å². The first-order valence-corrected chi connectivity index (χ1v) is 6.38. The average Bonchev–Trinajstić information content (AvgIpc) is 2.26. The monoisotopic (exact) mass is 228 g/mol. The molecule has 0 saturated heterocycles. The molecule has 0 atom stereocenters. The van der Waals surface area contributed by atoms with Gasteiger partial charge in [0.05, 0.1) is 6.61 Å². The van der Waals surface area contributed by atoms with E-state index >= 15 is 0 Å². The van der Waals surface area contributed by atoms with Crippen LogP contribution in [0.2, 0.25) is 0 Å². The van der Waals surface area contributed by atoms with E-state index in [2.05, 4.69) is 6.92 Å². The molecule has 0 bridgehead atoms. The number of esters is 1. The van der Waals surface area contributed by atoms with Crippen LogP contribution in [0, 0.1) is 0 Å². The maximum Gasteiger partial charge on any atom is 0.313 e. The second-order valence-corrected chi connectivity index (χ2v) is 4.10. The largest absolute Gasteiger partial charge is 0.465 e. The van der Waals surface area contributed by atoms with Crippen molar-refractivity contribution in [1.82, 2.24) is 0 Å². The molecule has 0 N–H and O–H groups in total. The lowest BCUT2D eigenvalue weighted by Gasteiger charge is -2.03. The highest BCUT2D eigenvalue weighted by Crippen LogP contribution is 2.02. The molecule has 0 amide bonds. The third-order valence-corrected chi connectivity index (χ3v) is 2.41. The zero-order valence-electron chi connectivity index (χ0n) is 10.6. The molecular formula is C13H24O3. The molecule has 0 radical (unpaired) electrons. The lowest BCUT2D eigenvalue weighted by Crippen LogP contribution is -2.11. The summed E-state index contributed by atoms with van der Waals surface area (Å²) >= 11 is 0. The zero-order chi connectivity index (χ0) is 12.2. The first-order chi connectivity index (χ1) is 7.70. The smallest absolute Gasteiger partial charge is 0.313 e. The van der Waals surface area contributed by atoms with Crippen molar-refractivity contribution in [2.24, 2.45) is 0 Å². The molecule has 0 unspecified atom stereocenters. The van der Waals surface area contributed by atoms with Crippen LogP contribution >= 0.6 is 0 Å². The molecule has 0 spiro atoms. The Morgan fingerprint density at radius 1 is 0.938 bits per heavy atom. The van der Waals surface area contributed by atoms with Crippen LogP contribution in [0.15, 0.2) is 0 Å². The highest BCUT2D eigenvalue weighted by molar-refractivity contribution is 5.95. The Bertz CT molecular complexity index is 199. The number of hydrogen-bond acceptors (Lipinski definition) is 3. The summed E-state index contributed by atoms with van der Waals surface area (Å²) in [6, 6.07) is 0. The van der Waals surface area contributed by atoms with Gasteiger partial charge in [-0.3, -0.25) is 9.59 Å². The molecule has 0 fully saturated rings. The SMILES string of the molecule is CCCCCCOC(=O)CC(=O)CCCC. The van der Waals surface area contributed by atoms with Gasteiger partial charge in [-0.05, 0) is 12.8 Å². The Hall–Kier alpha value is -0.860. The van der Waals surface area contributed by atoms with Crippen LogP contribution in [0.4, 0.5) is 0 Å². The van der Waals surface area contributed by atoms with E-state index in [9.17, 15) is 9.59 Å². The summed E-state index contributed by atoms with van der Waals surface area (Å²) in [7, 11) is 0. The predicted octanol–water partition coefficient (Wildman–Crippen LogP) is 3.26. The molecule has 0 aliphatic heterocycles. The molecule has 0 saturated carbocycles. The van der Waals surface area contributed by atoms with Crippen molar-refractivity contribution < 1.29 is 14.3 Å². The minimum Gasteiger partial charge on any atom is -0.465 e. The standard InChI is InChI=1S/C13H24O3/c1-3-5-7-8-10-16-13(15)11-12(14)9-6-4-2/h3-11H2,1-2H3. The van der Waals surface area contributed by atoms with Crippen LogP contribution in [-0.4, -0.2) is 18.4 Å². The number of ketones is 1. The lowest BCUT2D eigenvalue weighted by atomic mass is 10.1. The van der Waals surface area contributed by atoms with Crippen molar-refractivity contribution in [3.63, 3.8) is 0 Å². The molecule has 0 aromatic carbocycles. The van der Waals surface area contributed by atoms with Gasteiger partial charge in [-0.25, -0.2) is 0 Å². The van der Waals surface area contributed by atoms with E-state index in [4.69, 9.17) is 4.74 Å². The highest BCUT2D eigenvalue weighted by atomic mass is 16.5. The maximum atomic E-state index is 11.2. The fourth-order valence-corrected chi connectivity index (χ4v) is 1.39. The van der Waals surface area contributed by atoms with Gasteiger partial charge in [0.15, 0.2) is 0 Å². The van der Waals surface area contributed by atoms with Gasteiger partial charge in [-0.2, -0.15) is 0 Å². The maximum absolute atomic E-state index is 11.2. The van der Waals surface area contributed by atoms with Gasteiger partial charge in [0.2, 0.25) is 0 Å². The summed E-state index contributed by atoms with van der Waals surface area (Å²) < 4.78 is 4.98. The summed E-state index contributed by atoms with van der Waals surface area (Å²) in [5.41, 5.74) is 0. The van der Waals surface area contributed by atoms with Crippen molar-refractivity contribution in [2.45, 2.75) is 65.2 Å². The Morgan fingerprint density at radius 2 is 1.62 bits per heavy atom. The number of carbonyl (C=O) groups is 2. The zero-order valence-corrected chi connectivity index (χ0v) is 10.6. The molecule has 16 heavy (non-hydrogen) atoms. The molecule has 3 heteroatoms. The third-order valence-electron chi connectivity index (χ3n) is 2.41. The predicted molar refractivity (Wildman–Crippen MR) is 64.3 cm³/mol. The van der Waals surface area contributed by atoms with Crippen molar-refractivity contribution in [3.8, 4) is 0 Å². The quantitative estimate of drug-likeness (QED) is 0.327. The topological polar surface area (TPSA) is 43.4 Å². The van der Waals surface area contributed by atoms with Gasteiger partial charge in [0.25, 0.3) is 0 Å². The fraction of sp³-hybridized carbons (Fsp3) is 0.846. The van der Waals surface area contributed by atoms with E-state index in [-0.39, 0.29) is 18.2 Å². The molecule has 94 valence electrons. The Labute approximate surface area is 98.6 Å². The normalized spacial score (nSPS) is 10.1.